The van der Waals surface area contributed by atoms with Gasteiger partial charge in [0.1, 0.15) is 0 Å². The fourth-order valence-corrected chi connectivity index (χ4v) is 0.728. The van der Waals surface area contributed by atoms with Crippen molar-refractivity contribution < 1.29 is 4.74 Å². The van der Waals surface area contributed by atoms with E-state index in [1.165, 1.54) is 19.3 Å². The average Bonchev–Trinajstić information content (AvgIpc) is 1.97. The van der Waals surface area contributed by atoms with E-state index in [1.807, 2.05) is 6.92 Å². The molecule has 0 N–H and O–H groups in total. The number of hydrogen-bond donors (Lipinski definition) is 0. The minimum atomic E-state index is 0.952. The lowest BCUT2D eigenvalue weighted by molar-refractivity contribution is 0.262. The van der Waals surface area contributed by atoms with Crippen molar-refractivity contribution in [3.63, 3.8) is 0 Å². The quantitative estimate of drug-likeness (QED) is 0.313. The summed E-state index contributed by atoms with van der Waals surface area (Å²) in [6.45, 7) is 4.85. The molecule has 0 aromatic rings. The highest BCUT2D eigenvalue weighted by Crippen LogP contribution is 2.02. The predicted octanol–water partition coefficient (Wildman–Crippen LogP) is 2.81. The van der Waals surface area contributed by atoms with Crippen molar-refractivity contribution in [2.24, 2.45) is 0 Å². The molecule has 1 nitrogen and oxygen atoms in total. The number of unbranched alkanes of at least 4 members (excludes halogenated alkanes) is 3. The Morgan fingerprint density at radius 2 is 2.20 bits per heavy atom. The van der Waals surface area contributed by atoms with Gasteiger partial charge in [0.05, 0.1) is 7.11 Å². The molecule has 0 rings (SSSR count). The SMILES string of the molecule is C/C=C/CCCC[C+]OC. The lowest BCUT2D eigenvalue weighted by Crippen LogP contribution is -1.80. The molecule has 0 heterocycles. The van der Waals surface area contributed by atoms with Crippen molar-refractivity contribution in [3.05, 3.63) is 18.8 Å². The monoisotopic (exact) mass is 140 g/mol. The maximum Gasteiger partial charge on any atom is 0.463 e. The molecular weight excluding hydrogens is 124 g/mol. The van der Waals surface area contributed by atoms with E-state index in [2.05, 4.69) is 23.5 Å². The van der Waals surface area contributed by atoms with E-state index in [0.717, 1.165) is 6.42 Å². The van der Waals surface area contributed by atoms with Crippen molar-refractivity contribution in [2.45, 2.75) is 32.6 Å². The molecule has 0 aliphatic rings. The topological polar surface area (TPSA) is 9.23 Å². The number of hydrogen-bond acceptors (Lipinski definition) is 1. The van der Waals surface area contributed by atoms with E-state index in [4.69, 9.17) is 0 Å². The van der Waals surface area contributed by atoms with Gasteiger partial charge in [-0.3, -0.25) is 0 Å². The first kappa shape index (κ1) is 9.57. The maximum absolute atomic E-state index is 4.68. The van der Waals surface area contributed by atoms with E-state index in [-0.39, 0.29) is 0 Å². The van der Waals surface area contributed by atoms with Gasteiger partial charge in [0.25, 0.3) is 0 Å². The molecule has 0 aromatic heterocycles. The van der Waals surface area contributed by atoms with Crippen molar-refractivity contribution in [1.82, 2.24) is 0 Å². The third-order valence-corrected chi connectivity index (χ3v) is 1.28. The van der Waals surface area contributed by atoms with Gasteiger partial charge in [-0.1, -0.05) is 12.2 Å². The Bertz CT molecular complexity index is 76.8. The Kier molecular flexibility index (Phi) is 8.20. The van der Waals surface area contributed by atoms with Crippen LogP contribution in [0.5, 0.6) is 0 Å². The number of allylic oxidation sites excluding steroid dienone is 2. The third kappa shape index (κ3) is 7.57. The molecule has 0 unspecified atom stereocenters. The zero-order chi connectivity index (χ0) is 7.66. The van der Waals surface area contributed by atoms with Gasteiger partial charge in [-0.25, -0.2) is 0 Å². The second kappa shape index (κ2) is 8.57. The van der Waals surface area contributed by atoms with Crippen LogP contribution >= 0.6 is 0 Å². The molecule has 0 fully saturated rings. The maximum atomic E-state index is 4.68. The lowest BCUT2D eigenvalue weighted by atomic mass is 10.2. The largest absolute Gasteiger partial charge is 0.463 e. The number of ether oxygens (including phenoxy) is 1. The molecular formula is C9H16O+. The van der Waals surface area contributed by atoms with E-state index < -0.39 is 0 Å². The van der Waals surface area contributed by atoms with Crippen LogP contribution in [0.1, 0.15) is 32.6 Å². The second-order valence-electron chi connectivity index (χ2n) is 2.16. The van der Waals surface area contributed by atoms with Gasteiger partial charge in [-0.05, 0) is 26.2 Å². The Labute approximate surface area is 64.1 Å². The van der Waals surface area contributed by atoms with Crippen LogP contribution in [0, 0.1) is 6.61 Å². The minimum Gasteiger partial charge on any atom is -0.148 e. The van der Waals surface area contributed by atoms with E-state index >= 15 is 0 Å². The summed E-state index contributed by atoms with van der Waals surface area (Å²) in [5, 5.41) is 0. The Hall–Kier alpha value is -0.430. The Balaban J connectivity index is 2.77. The van der Waals surface area contributed by atoms with Gasteiger partial charge < -0.3 is 0 Å². The van der Waals surface area contributed by atoms with Crippen molar-refractivity contribution in [2.75, 3.05) is 7.11 Å². The second-order valence-corrected chi connectivity index (χ2v) is 2.16. The molecule has 57 valence electrons. The molecule has 10 heavy (non-hydrogen) atoms. The van der Waals surface area contributed by atoms with Crippen LogP contribution in [0.4, 0.5) is 0 Å². The molecule has 0 saturated heterocycles. The summed E-state index contributed by atoms with van der Waals surface area (Å²) in [6, 6.07) is 0. The summed E-state index contributed by atoms with van der Waals surface area (Å²) in [6.07, 6.45) is 8.82. The number of methoxy groups -OCH3 is 1. The zero-order valence-electron chi connectivity index (χ0n) is 6.89. The van der Waals surface area contributed by atoms with Crippen LogP contribution in [0.15, 0.2) is 12.2 Å². The molecule has 0 atom stereocenters. The molecule has 1 radical (unpaired) electrons. The summed E-state index contributed by atoms with van der Waals surface area (Å²) >= 11 is 0. The summed E-state index contributed by atoms with van der Waals surface area (Å²) in [4.78, 5) is 0. The average molecular weight is 140 g/mol. The minimum absolute atomic E-state index is 0.952. The summed E-state index contributed by atoms with van der Waals surface area (Å²) in [7, 11) is 1.64. The zero-order valence-corrected chi connectivity index (χ0v) is 6.89. The first-order chi connectivity index (χ1) is 4.91. The fraction of sp³-hybridized carbons (Fsp3) is 0.667. The highest BCUT2D eigenvalue weighted by Gasteiger charge is 2.02. The van der Waals surface area contributed by atoms with E-state index in [1.54, 1.807) is 7.11 Å². The highest BCUT2D eigenvalue weighted by molar-refractivity contribution is 4.76. The van der Waals surface area contributed by atoms with Crippen molar-refractivity contribution in [3.8, 4) is 0 Å². The molecule has 1 heteroatoms. The third-order valence-electron chi connectivity index (χ3n) is 1.28. The lowest BCUT2D eigenvalue weighted by Gasteiger charge is -1.86. The van der Waals surface area contributed by atoms with Crippen LogP contribution in [-0.4, -0.2) is 7.11 Å². The molecule has 0 aliphatic carbocycles. The molecule has 0 saturated carbocycles. The van der Waals surface area contributed by atoms with Gasteiger partial charge in [-0.15, -0.1) is 4.74 Å². The van der Waals surface area contributed by atoms with Crippen molar-refractivity contribution >= 4 is 0 Å². The van der Waals surface area contributed by atoms with Crippen LogP contribution in [0.2, 0.25) is 0 Å². The Morgan fingerprint density at radius 3 is 2.80 bits per heavy atom. The van der Waals surface area contributed by atoms with Crippen LogP contribution < -0.4 is 0 Å². The van der Waals surface area contributed by atoms with Gasteiger partial charge in [0.2, 0.25) is 0 Å². The van der Waals surface area contributed by atoms with Gasteiger partial charge in [-0.2, -0.15) is 0 Å². The van der Waals surface area contributed by atoms with Crippen LogP contribution in [-0.2, 0) is 4.74 Å². The smallest absolute Gasteiger partial charge is 0.148 e. The molecule has 0 spiro atoms. The first-order valence-corrected chi connectivity index (χ1v) is 3.78. The predicted molar refractivity (Wildman–Crippen MR) is 43.5 cm³/mol. The molecule has 0 bridgehead atoms. The Morgan fingerprint density at radius 1 is 1.40 bits per heavy atom. The number of rotatable bonds is 6. The van der Waals surface area contributed by atoms with Crippen LogP contribution in [0.25, 0.3) is 0 Å². The van der Waals surface area contributed by atoms with Gasteiger partial charge in [0.15, 0.2) is 6.42 Å². The summed E-state index contributed by atoms with van der Waals surface area (Å²) in [5.41, 5.74) is 0. The summed E-state index contributed by atoms with van der Waals surface area (Å²) in [5.74, 6) is 0. The van der Waals surface area contributed by atoms with E-state index in [0.29, 0.717) is 0 Å². The standard InChI is InChI=1S/C9H16O/c1-3-4-5-6-7-8-9-10-2/h3-4H,5-8H2,1-2H3/q+1/b4-3+. The first-order valence-electron chi connectivity index (χ1n) is 3.78. The van der Waals surface area contributed by atoms with Gasteiger partial charge >= 0.3 is 6.61 Å². The molecule has 0 aromatic carbocycles. The van der Waals surface area contributed by atoms with E-state index in [9.17, 15) is 0 Å². The summed E-state index contributed by atoms with van der Waals surface area (Å²) < 4.78 is 4.68. The van der Waals surface area contributed by atoms with Crippen molar-refractivity contribution in [1.29, 1.82) is 0 Å². The highest BCUT2D eigenvalue weighted by atomic mass is 16.5. The molecule has 0 aliphatic heterocycles. The fourth-order valence-electron chi connectivity index (χ4n) is 0.728. The van der Waals surface area contributed by atoms with Gasteiger partial charge in [0, 0.05) is 0 Å². The molecule has 0 amide bonds. The van der Waals surface area contributed by atoms with Crippen LogP contribution in [0.3, 0.4) is 0 Å². The normalized spacial score (nSPS) is 10.6.